The van der Waals surface area contributed by atoms with E-state index in [9.17, 15) is 19.8 Å². The summed E-state index contributed by atoms with van der Waals surface area (Å²) in [7, 11) is 0. The molecule has 5 saturated carbocycles. The Kier molecular flexibility index (Phi) is 5.08. The van der Waals surface area contributed by atoms with Crippen LogP contribution < -0.4 is 10.6 Å². The number of aliphatic hydroxyl groups is 2. The lowest BCUT2D eigenvalue weighted by atomic mass is 9.67. The van der Waals surface area contributed by atoms with E-state index in [0.717, 1.165) is 51.4 Å². The molecule has 0 aromatic carbocycles. The van der Waals surface area contributed by atoms with E-state index in [1.54, 1.807) is 0 Å². The van der Waals surface area contributed by atoms with Crippen molar-refractivity contribution in [1.29, 1.82) is 0 Å². The number of aliphatic hydroxyl groups excluding tert-OH is 2. The molecular formula is C26H42N2O4. The zero-order valence-electron chi connectivity index (χ0n) is 20.2. The summed E-state index contributed by atoms with van der Waals surface area (Å²) in [4.78, 5) is 27.3. The number of rotatable bonds is 4. The molecule has 6 heteroatoms. The summed E-state index contributed by atoms with van der Waals surface area (Å²) in [6.07, 6.45) is 7.47. The topological polar surface area (TPSA) is 98.7 Å². The highest BCUT2D eigenvalue weighted by molar-refractivity contribution is 5.87. The van der Waals surface area contributed by atoms with Crippen LogP contribution in [0.15, 0.2) is 0 Å². The van der Waals surface area contributed by atoms with Crippen molar-refractivity contribution in [3.05, 3.63) is 0 Å². The summed E-state index contributed by atoms with van der Waals surface area (Å²) in [6, 6.07) is -0.236. The Morgan fingerprint density at radius 2 is 1.06 bits per heavy atom. The maximum absolute atomic E-state index is 13.7. The first kappa shape index (κ1) is 22.6. The van der Waals surface area contributed by atoms with Crippen molar-refractivity contribution in [3.63, 3.8) is 0 Å². The molecule has 4 bridgehead atoms. The highest BCUT2D eigenvalue weighted by Crippen LogP contribution is 2.67. The molecule has 5 fully saturated rings. The van der Waals surface area contributed by atoms with Gasteiger partial charge in [-0.1, -0.05) is 40.5 Å². The fourth-order valence-corrected chi connectivity index (χ4v) is 9.04. The number of amides is 2. The van der Waals surface area contributed by atoms with Crippen molar-refractivity contribution >= 4 is 11.8 Å². The van der Waals surface area contributed by atoms with Gasteiger partial charge in [-0.15, -0.1) is 0 Å². The zero-order chi connectivity index (χ0) is 23.1. The second kappa shape index (κ2) is 7.18. The van der Waals surface area contributed by atoms with Crippen LogP contribution in [0.25, 0.3) is 0 Å². The van der Waals surface area contributed by atoms with Crippen molar-refractivity contribution in [2.75, 3.05) is 0 Å². The van der Waals surface area contributed by atoms with E-state index < -0.39 is 23.0 Å². The van der Waals surface area contributed by atoms with E-state index in [0.29, 0.717) is 24.7 Å². The zero-order valence-corrected chi connectivity index (χ0v) is 20.2. The second-order valence-corrected chi connectivity index (χ2v) is 12.8. The summed E-state index contributed by atoms with van der Waals surface area (Å²) in [5, 5.41) is 28.3. The molecule has 0 spiro atoms. The molecule has 0 aromatic rings. The number of hydrogen-bond acceptors (Lipinski definition) is 4. The number of fused-ring (bicyclic) bond motifs is 4. The molecule has 5 aliphatic carbocycles. The van der Waals surface area contributed by atoms with Crippen LogP contribution in [0.4, 0.5) is 0 Å². The lowest BCUT2D eigenvalue weighted by Gasteiger charge is -2.43. The molecule has 0 aromatic heterocycles. The third-order valence-electron chi connectivity index (χ3n) is 11.5. The first-order chi connectivity index (χ1) is 15.0. The minimum absolute atomic E-state index is 0.0264. The van der Waals surface area contributed by atoms with Crippen molar-refractivity contribution in [2.24, 2.45) is 33.5 Å². The van der Waals surface area contributed by atoms with Crippen LogP contribution in [0, 0.1) is 33.5 Å². The monoisotopic (exact) mass is 446 g/mol. The predicted molar refractivity (Wildman–Crippen MR) is 121 cm³/mol. The van der Waals surface area contributed by atoms with Crippen molar-refractivity contribution in [1.82, 2.24) is 10.6 Å². The smallest absolute Gasteiger partial charge is 0.229 e. The van der Waals surface area contributed by atoms with Gasteiger partial charge in [0.15, 0.2) is 0 Å². The summed E-state index contributed by atoms with van der Waals surface area (Å²) < 4.78 is 0. The molecule has 6 nitrogen and oxygen atoms in total. The molecule has 0 saturated heterocycles. The van der Waals surface area contributed by atoms with E-state index in [4.69, 9.17) is 0 Å². The van der Waals surface area contributed by atoms with E-state index in [-0.39, 0.29) is 34.7 Å². The molecule has 0 radical (unpaired) electrons. The highest BCUT2D eigenvalue weighted by Gasteiger charge is 2.69. The molecule has 5 aliphatic rings. The minimum Gasteiger partial charge on any atom is -0.392 e. The van der Waals surface area contributed by atoms with Gasteiger partial charge in [0.05, 0.1) is 23.0 Å². The number of carbonyl (C=O) groups is 2. The van der Waals surface area contributed by atoms with E-state index in [2.05, 4.69) is 38.3 Å². The molecule has 4 N–H and O–H groups in total. The van der Waals surface area contributed by atoms with E-state index in [1.807, 2.05) is 0 Å². The third kappa shape index (κ3) is 2.65. The van der Waals surface area contributed by atoms with Gasteiger partial charge in [-0.2, -0.15) is 0 Å². The van der Waals surface area contributed by atoms with Crippen LogP contribution in [0.1, 0.15) is 91.9 Å². The SMILES string of the molecule is CC1(C)[C@@H]2CC[C@@]1(C(=O)N[C@@H]1CCCC[C@H]1NC(=O)[C@]13CC[C@H](C[C@H]1O)C3(C)C)[C@H](O)C2. The number of nitrogens with one attached hydrogen (secondary N) is 2. The van der Waals surface area contributed by atoms with Crippen LogP contribution in [-0.2, 0) is 9.59 Å². The largest absolute Gasteiger partial charge is 0.392 e. The van der Waals surface area contributed by atoms with Gasteiger partial charge < -0.3 is 20.8 Å². The average molecular weight is 447 g/mol. The Bertz CT molecular complexity index is 744. The predicted octanol–water partition coefficient (Wildman–Crippen LogP) is 2.90. The van der Waals surface area contributed by atoms with Gasteiger partial charge in [-0.25, -0.2) is 0 Å². The molecule has 0 aliphatic heterocycles. The van der Waals surface area contributed by atoms with Crippen LogP contribution in [-0.4, -0.2) is 46.3 Å². The maximum Gasteiger partial charge on any atom is 0.229 e. The maximum atomic E-state index is 13.7. The molecule has 0 heterocycles. The van der Waals surface area contributed by atoms with Gasteiger partial charge in [-0.05, 0) is 74.0 Å². The van der Waals surface area contributed by atoms with Crippen molar-refractivity contribution in [3.8, 4) is 0 Å². The molecular weight excluding hydrogens is 404 g/mol. The molecule has 5 rings (SSSR count). The van der Waals surface area contributed by atoms with Crippen LogP contribution in [0.2, 0.25) is 0 Å². The highest BCUT2D eigenvalue weighted by atomic mass is 16.3. The quantitative estimate of drug-likeness (QED) is 0.534. The molecule has 0 unspecified atom stereocenters. The minimum atomic E-state index is -0.718. The Balaban J connectivity index is 1.33. The lowest BCUT2D eigenvalue weighted by Crippen LogP contribution is -2.61. The Labute approximate surface area is 192 Å². The Morgan fingerprint density at radius 3 is 1.34 bits per heavy atom. The van der Waals surface area contributed by atoms with Gasteiger partial charge in [0.2, 0.25) is 11.8 Å². The van der Waals surface area contributed by atoms with Crippen molar-refractivity contribution in [2.45, 2.75) is 116 Å². The third-order valence-corrected chi connectivity index (χ3v) is 11.5. The van der Waals surface area contributed by atoms with Gasteiger partial charge in [0.1, 0.15) is 0 Å². The first-order valence-electron chi connectivity index (χ1n) is 13.0. The van der Waals surface area contributed by atoms with Gasteiger partial charge in [0.25, 0.3) is 0 Å². The number of hydrogen-bond donors (Lipinski definition) is 4. The Hall–Kier alpha value is -1.14. The summed E-state index contributed by atoms with van der Waals surface area (Å²) >= 11 is 0. The molecule has 32 heavy (non-hydrogen) atoms. The molecule has 8 atom stereocenters. The first-order valence-corrected chi connectivity index (χ1v) is 13.0. The van der Waals surface area contributed by atoms with Crippen molar-refractivity contribution < 1.29 is 19.8 Å². The van der Waals surface area contributed by atoms with Crippen LogP contribution in [0.5, 0.6) is 0 Å². The second-order valence-electron chi connectivity index (χ2n) is 12.8. The molecule has 180 valence electrons. The van der Waals surface area contributed by atoms with Gasteiger partial charge >= 0.3 is 0 Å². The van der Waals surface area contributed by atoms with E-state index >= 15 is 0 Å². The average Bonchev–Trinajstić information content (AvgIpc) is 3.29. The lowest BCUT2D eigenvalue weighted by molar-refractivity contribution is -0.147. The Morgan fingerprint density at radius 1 is 0.688 bits per heavy atom. The fourth-order valence-electron chi connectivity index (χ4n) is 9.04. The van der Waals surface area contributed by atoms with Crippen LogP contribution in [0.3, 0.4) is 0 Å². The van der Waals surface area contributed by atoms with E-state index in [1.165, 1.54) is 0 Å². The number of carbonyl (C=O) groups excluding carboxylic acids is 2. The summed E-state index contributed by atoms with van der Waals surface area (Å²) in [5.41, 5.74) is -1.85. The molecule has 2 amide bonds. The van der Waals surface area contributed by atoms with Gasteiger partial charge in [-0.3, -0.25) is 9.59 Å². The van der Waals surface area contributed by atoms with Gasteiger partial charge in [0, 0.05) is 12.1 Å². The standard InChI is InChI=1S/C26H42N2O4/c1-23(2)15-9-11-25(23,19(29)13-15)21(31)27-17-7-5-6-8-18(17)28-22(32)26-12-10-16(14-20(26)30)24(26,3)4/h15-20,29-30H,5-14H2,1-4H3,(H,27,31)(H,28,32)/t15-,16-,17-,18-,19-,20-,25+,26+/m1/s1. The summed E-state index contributed by atoms with van der Waals surface area (Å²) in [6.45, 7) is 8.55. The summed E-state index contributed by atoms with van der Waals surface area (Å²) in [5.74, 6) is 0.735. The normalized spacial score (nSPS) is 48.1. The van der Waals surface area contributed by atoms with Crippen LogP contribution >= 0.6 is 0 Å². The fraction of sp³-hybridized carbons (Fsp3) is 0.923.